The number of hydrogen-bond acceptors (Lipinski definition) is 3. The number of amides is 2. The summed E-state index contributed by atoms with van der Waals surface area (Å²) in [6, 6.07) is 26.5. The monoisotopic (exact) mass is 462 g/mol. The van der Waals surface area contributed by atoms with E-state index in [0.29, 0.717) is 18.5 Å². The average molecular weight is 463 g/mol. The first kappa shape index (κ1) is 22.3. The number of pyridine rings is 1. The van der Waals surface area contributed by atoms with Crippen LogP contribution >= 0.6 is 0 Å². The molecule has 0 saturated carbocycles. The number of aromatic amines is 1. The molecule has 35 heavy (non-hydrogen) atoms. The van der Waals surface area contributed by atoms with Crippen LogP contribution in [0.5, 0.6) is 0 Å². The molecule has 6 heteroatoms. The quantitative estimate of drug-likeness (QED) is 0.368. The molecule has 2 N–H and O–H groups in total. The lowest BCUT2D eigenvalue weighted by Crippen LogP contribution is -2.48. The van der Waals surface area contributed by atoms with Crippen molar-refractivity contribution in [3.05, 3.63) is 114 Å². The summed E-state index contributed by atoms with van der Waals surface area (Å²) in [6.07, 6.45) is 3.83. The van der Waals surface area contributed by atoms with E-state index in [1.165, 1.54) is 0 Å². The van der Waals surface area contributed by atoms with Crippen molar-refractivity contribution < 1.29 is 9.59 Å². The molecule has 0 spiro atoms. The molecule has 2 aromatic heterocycles. The van der Waals surface area contributed by atoms with Gasteiger partial charge in [0.1, 0.15) is 6.04 Å². The van der Waals surface area contributed by atoms with Crippen LogP contribution in [0.3, 0.4) is 0 Å². The third-order valence-corrected chi connectivity index (χ3v) is 6.19. The summed E-state index contributed by atoms with van der Waals surface area (Å²) in [4.78, 5) is 36.1. The number of benzene rings is 3. The fourth-order valence-electron chi connectivity index (χ4n) is 4.36. The van der Waals surface area contributed by atoms with Gasteiger partial charge < -0.3 is 15.2 Å². The molecule has 5 rings (SSSR count). The maximum atomic E-state index is 13.6. The van der Waals surface area contributed by atoms with Crippen LogP contribution in [-0.4, -0.2) is 39.8 Å². The van der Waals surface area contributed by atoms with Crippen molar-refractivity contribution in [1.29, 1.82) is 0 Å². The Balaban J connectivity index is 1.42. The van der Waals surface area contributed by atoms with E-state index in [9.17, 15) is 9.59 Å². The Morgan fingerprint density at radius 2 is 1.71 bits per heavy atom. The number of carbonyl (C=O) groups is 2. The van der Waals surface area contributed by atoms with Gasteiger partial charge in [0.25, 0.3) is 5.91 Å². The van der Waals surface area contributed by atoms with Crippen LogP contribution in [-0.2, 0) is 17.8 Å². The van der Waals surface area contributed by atoms with Gasteiger partial charge in [0.05, 0.1) is 11.1 Å². The first-order chi connectivity index (χ1) is 17.1. The molecule has 3 aromatic carbocycles. The van der Waals surface area contributed by atoms with Crippen LogP contribution in [0.1, 0.15) is 21.5 Å². The van der Waals surface area contributed by atoms with Gasteiger partial charge >= 0.3 is 0 Å². The second-order valence-electron chi connectivity index (χ2n) is 8.69. The molecule has 0 unspecified atom stereocenters. The van der Waals surface area contributed by atoms with Gasteiger partial charge in [-0.05, 0) is 29.3 Å². The number of aromatic nitrogens is 2. The average Bonchev–Trinajstić information content (AvgIpc) is 3.31. The van der Waals surface area contributed by atoms with E-state index in [-0.39, 0.29) is 11.8 Å². The van der Waals surface area contributed by atoms with Crippen molar-refractivity contribution in [3.63, 3.8) is 0 Å². The van der Waals surface area contributed by atoms with E-state index in [1.807, 2.05) is 85.1 Å². The van der Waals surface area contributed by atoms with E-state index in [2.05, 4.69) is 15.3 Å². The maximum absolute atomic E-state index is 13.6. The number of para-hydroxylation sites is 2. The van der Waals surface area contributed by atoms with Crippen LogP contribution in [0.15, 0.2) is 97.3 Å². The fourth-order valence-corrected chi connectivity index (χ4v) is 4.36. The minimum atomic E-state index is -0.734. The highest BCUT2D eigenvalue weighted by atomic mass is 16.2. The number of hydrogen-bond donors (Lipinski definition) is 2. The number of H-pyrrole nitrogens is 1. The zero-order chi connectivity index (χ0) is 24.2. The summed E-state index contributed by atoms with van der Waals surface area (Å²) in [5, 5.41) is 4.90. The van der Waals surface area contributed by atoms with Gasteiger partial charge in [0.2, 0.25) is 5.91 Å². The van der Waals surface area contributed by atoms with Gasteiger partial charge in [0, 0.05) is 48.7 Å². The summed E-state index contributed by atoms with van der Waals surface area (Å²) in [5.74, 6) is -0.476. The first-order valence-corrected chi connectivity index (χ1v) is 11.6. The number of carbonyl (C=O) groups excluding carboxylic acids is 2. The summed E-state index contributed by atoms with van der Waals surface area (Å²) < 4.78 is 0. The highest BCUT2D eigenvalue weighted by molar-refractivity contribution is 6.00. The van der Waals surface area contributed by atoms with Crippen molar-refractivity contribution in [2.45, 2.75) is 19.0 Å². The first-order valence-electron chi connectivity index (χ1n) is 11.6. The van der Waals surface area contributed by atoms with Crippen molar-refractivity contribution >= 4 is 33.6 Å². The predicted octanol–water partition coefficient (Wildman–Crippen LogP) is 4.72. The molecule has 5 aromatic rings. The van der Waals surface area contributed by atoms with Crippen LogP contribution < -0.4 is 5.32 Å². The molecule has 0 bridgehead atoms. The highest BCUT2D eigenvalue weighted by Crippen LogP contribution is 2.20. The third-order valence-electron chi connectivity index (χ3n) is 6.19. The predicted molar refractivity (Wildman–Crippen MR) is 138 cm³/mol. The van der Waals surface area contributed by atoms with E-state index in [0.717, 1.165) is 32.9 Å². The van der Waals surface area contributed by atoms with Crippen molar-refractivity contribution in [2.75, 3.05) is 7.05 Å². The Bertz CT molecular complexity index is 1490. The lowest BCUT2D eigenvalue weighted by atomic mass is 10.0. The Hall–Kier alpha value is -4.45. The lowest BCUT2D eigenvalue weighted by molar-refractivity contribution is -0.132. The van der Waals surface area contributed by atoms with Crippen LogP contribution in [0.4, 0.5) is 0 Å². The molecule has 0 aliphatic heterocycles. The lowest BCUT2D eigenvalue weighted by Gasteiger charge is -2.25. The normalized spacial score (nSPS) is 11.9. The van der Waals surface area contributed by atoms with Crippen molar-refractivity contribution in [3.8, 4) is 0 Å². The van der Waals surface area contributed by atoms with Crippen molar-refractivity contribution in [2.24, 2.45) is 0 Å². The van der Waals surface area contributed by atoms with E-state index in [1.54, 1.807) is 24.2 Å². The maximum Gasteiger partial charge on any atom is 0.253 e. The van der Waals surface area contributed by atoms with E-state index >= 15 is 0 Å². The molecule has 0 fully saturated rings. The van der Waals surface area contributed by atoms with Gasteiger partial charge in [-0.3, -0.25) is 14.6 Å². The zero-order valence-corrected chi connectivity index (χ0v) is 19.4. The van der Waals surface area contributed by atoms with Gasteiger partial charge in [-0.15, -0.1) is 0 Å². The zero-order valence-electron chi connectivity index (χ0n) is 19.4. The molecule has 0 saturated heterocycles. The minimum Gasteiger partial charge on any atom is -0.361 e. The minimum absolute atomic E-state index is 0.152. The fraction of sp³-hybridized carbons (Fsp3) is 0.138. The highest BCUT2D eigenvalue weighted by Gasteiger charge is 2.26. The van der Waals surface area contributed by atoms with Gasteiger partial charge in [-0.1, -0.05) is 66.7 Å². The summed E-state index contributed by atoms with van der Waals surface area (Å²) in [5.41, 5.74) is 4.24. The third kappa shape index (κ3) is 4.92. The molecular formula is C29H26N4O2. The van der Waals surface area contributed by atoms with Crippen LogP contribution in [0, 0.1) is 0 Å². The SMILES string of the molecule is CN(Cc1ccccc1)C(=O)[C@H](Cc1c[nH]c2ccccc12)NC(=O)c1cnc2ccccc2c1. The number of rotatable bonds is 7. The molecule has 6 nitrogen and oxygen atoms in total. The molecule has 0 radical (unpaired) electrons. The largest absolute Gasteiger partial charge is 0.361 e. The summed E-state index contributed by atoms with van der Waals surface area (Å²) >= 11 is 0. The van der Waals surface area contributed by atoms with E-state index in [4.69, 9.17) is 0 Å². The molecule has 0 aliphatic carbocycles. The molecular weight excluding hydrogens is 436 g/mol. The number of fused-ring (bicyclic) bond motifs is 2. The van der Waals surface area contributed by atoms with Gasteiger partial charge in [-0.25, -0.2) is 0 Å². The molecule has 174 valence electrons. The van der Waals surface area contributed by atoms with Crippen LogP contribution in [0.25, 0.3) is 21.8 Å². The Labute approximate surface area is 203 Å². The second kappa shape index (κ2) is 9.81. The summed E-state index contributed by atoms with van der Waals surface area (Å²) in [7, 11) is 1.77. The molecule has 2 heterocycles. The Morgan fingerprint density at radius 3 is 2.57 bits per heavy atom. The number of nitrogens with one attached hydrogen (secondary N) is 2. The van der Waals surface area contributed by atoms with Gasteiger partial charge in [-0.2, -0.15) is 0 Å². The molecule has 2 amide bonds. The molecule has 1 atom stereocenters. The Morgan fingerprint density at radius 1 is 0.971 bits per heavy atom. The summed E-state index contributed by atoms with van der Waals surface area (Å²) in [6.45, 7) is 0.456. The topological polar surface area (TPSA) is 78.1 Å². The standard InChI is InChI=1S/C29H26N4O2/c1-33(19-20-9-3-2-4-10-20)29(35)27(16-22-17-31-26-14-8-6-12-24(22)26)32-28(34)23-15-21-11-5-7-13-25(21)30-18-23/h2-15,17-18,27,31H,16,19H2,1H3,(H,32,34)/t27-/m0/s1. The number of nitrogens with zero attached hydrogens (tertiary/aromatic N) is 2. The van der Waals surface area contributed by atoms with Gasteiger partial charge in [0.15, 0.2) is 0 Å². The smallest absolute Gasteiger partial charge is 0.253 e. The van der Waals surface area contributed by atoms with Crippen LogP contribution in [0.2, 0.25) is 0 Å². The van der Waals surface area contributed by atoms with Crippen molar-refractivity contribution in [1.82, 2.24) is 20.2 Å². The second-order valence-corrected chi connectivity index (χ2v) is 8.69. The molecule has 0 aliphatic rings. The number of likely N-dealkylation sites (N-methyl/N-ethyl adjacent to an activating group) is 1. The van der Waals surface area contributed by atoms with E-state index < -0.39 is 6.04 Å². The Kier molecular flexibility index (Phi) is 6.26.